The third-order valence-electron chi connectivity index (χ3n) is 4.43. The Bertz CT molecular complexity index is 383. The van der Waals surface area contributed by atoms with Crippen LogP contribution in [0.1, 0.15) is 49.8 Å². The van der Waals surface area contributed by atoms with Gasteiger partial charge in [0.15, 0.2) is 0 Å². The zero-order valence-electron chi connectivity index (χ0n) is 12.7. The van der Waals surface area contributed by atoms with Gasteiger partial charge >= 0.3 is 0 Å². The SMILES string of the molecule is CCNC(CN(C)C1CCCC1)c1ccccc1C. The molecule has 0 heterocycles. The summed E-state index contributed by atoms with van der Waals surface area (Å²) < 4.78 is 0. The van der Waals surface area contributed by atoms with E-state index >= 15 is 0 Å². The molecule has 106 valence electrons. The zero-order valence-corrected chi connectivity index (χ0v) is 12.7. The summed E-state index contributed by atoms with van der Waals surface area (Å²) in [6.45, 7) is 6.55. The Hall–Kier alpha value is -0.860. The van der Waals surface area contributed by atoms with Gasteiger partial charge in [-0.1, -0.05) is 44.0 Å². The van der Waals surface area contributed by atoms with Gasteiger partial charge in [-0.05, 0) is 44.5 Å². The van der Waals surface area contributed by atoms with E-state index in [2.05, 4.69) is 55.4 Å². The smallest absolute Gasteiger partial charge is 0.0451 e. The molecule has 0 bridgehead atoms. The Balaban J connectivity index is 2.05. The number of rotatable bonds is 6. The average Bonchev–Trinajstić information content (AvgIpc) is 2.93. The monoisotopic (exact) mass is 260 g/mol. The predicted octanol–water partition coefficient (Wildman–Crippen LogP) is 3.52. The molecule has 0 amide bonds. The number of hydrogen-bond acceptors (Lipinski definition) is 2. The quantitative estimate of drug-likeness (QED) is 0.842. The molecule has 1 aromatic rings. The topological polar surface area (TPSA) is 15.3 Å². The van der Waals surface area contributed by atoms with Gasteiger partial charge < -0.3 is 10.2 Å². The summed E-state index contributed by atoms with van der Waals surface area (Å²) in [6.07, 6.45) is 5.57. The molecule has 1 atom stereocenters. The van der Waals surface area contributed by atoms with Crippen molar-refractivity contribution in [3.05, 3.63) is 35.4 Å². The van der Waals surface area contributed by atoms with Gasteiger partial charge in [-0.15, -0.1) is 0 Å². The molecule has 1 fully saturated rings. The van der Waals surface area contributed by atoms with Gasteiger partial charge in [0.25, 0.3) is 0 Å². The largest absolute Gasteiger partial charge is 0.309 e. The van der Waals surface area contributed by atoms with Crippen molar-refractivity contribution >= 4 is 0 Å². The van der Waals surface area contributed by atoms with Gasteiger partial charge in [0.1, 0.15) is 0 Å². The first kappa shape index (κ1) is 14.5. The molecule has 1 aromatic carbocycles. The summed E-state index contributed by atoms with van der Waals surface area (Å²) in [6, 6.07) is 10.0. The molecule has 1 saturated carbocycles. The lowest BCUT2D eigenvalue weighted by atomic mass is 10.00. The zero-order chi connectivity index (χ0) is 13.7. The minimum absolute atomic E-state index is 0.455. The van der Waals surface area contributed by atoms with Crippen molar-refractivity contribution in [2.45, 2.75) is 51.6 Å². The number of nitrogens with zero attached hydrogens (tertiary/aromatic N) is 1. The van der Waals surface area contributed by atoms with E-state index in [1.54, 1.807) is 0 Å². The molecule has 0 saturated heterocycles. The average molecular weight is 260 g/mol. The maximum absolute atomic E-state index is 3.65. The fraction of sp³-hybridized carbons (Fsp3) is 0.647. The molecule has 0 radical (unpaired) electrons. The lowest BCUT2D eigenvalue weighted by molar-refractivity contribution is 0.219. The Morgan fingerprint density at radius 1 is 1.26 bits per heavy atom. The van der Waals surface area contributed by atoms with E-state index in [0.29, 0.717) is 6.04 Å². The number of aryl methyl sites for hydroxylation is 1. The second kappa shape index (κ2) is 7.06. The van der Waals surface area contributed by atoms with E-state index in [4.69, 9.17) is 0 Å². The van der Waals surface area contributed by atoms with Crippen LogP contribution in [-0.2, 0) is 0 Å². The van der Waals surface area contributed by atoms with Crippen LogP contribution >= 0.6 is 0 Å². The summed E-state index contributed by atoms with van der Waals surface area (Å²) >= 11 is 0. The molecule has 0 spiro atoms. The van der Waals surface area contributed by atoms with Crippen LogP contribution in [0, 0.1) is 6.92 Å². The molecule has 2 heteroatoms. The number of benzene rings is 1. The van der Waals surface area contributed by atoms with Gasteiger partial charge in [-0.3, -0.25) is 0 Å². The van der Waals surface area contributed by atoms with Gasteiger partial charge in [-0.2, -0.15) is 0 Å². The van der Waals surface area contributed by atoms with Crippen molar-refractivity contribution < 1.29 is 0 Å². The molecule has 0 aliphatic heterocycles. The van der Waals surface area contributed by atoms with E-state index in [1.807, 2.05) is 0 Å². The maximum Gasteiger partial charge on any atom is 0.0451 e. The Labute approximate surface area is 118 Å². The molecule has 1 unspecified atom stereocenters. The van der Waals surface area contributed by atoms with Gasteiger partial charge in [0.05, 0.1) is 0 Å². The number of hydrogen-bond donors (Lipinski definition) is 1. The normalized spacial score (nSPS) is 18.1. The van der Waals surface area contributed by atoms with Gasteiger partial charge in [-0.25, -0.2) is 0 Å². The molecule has 1 aliphatic carbocycles. The van der Waals surface area contributed by atoms with Gasteiger partial charge in [0.2, 0.25) is 0 Å². The second-order valence-electron chi connectivity index (χ2n) is 5.84. The van der Waals surface area contributed by atoms with E-state index in [0.717, 1.165) is 19.1 Å². The van der Waals surface area contributed by atoms with E-state index in [-0.39, 0.29) is 0 Å². The molecule has 2 rings (SSSR count). The number of likely N-dealkylation sites (N-methyl/N-ethyl adjacent to an activating group) is 2. The van der Waals surface area contributed by atoms with Gasteiger partial charge in [0, 0.05) is 18.6 Å². The highest BCUT2D eigenvalue weighted by molar-refractivity contribution is 5.29. The fourth-order valence-corrected chi connectivity index (χ4v) is 3.28. The molecular weight excluding hydrogens is 232 g/mol. The first-order valence-electron chi connectivity index (χ1n) is 7.71. The second-order valence-corrected chi connectivity index (χ2v) is 5.84. The lowest BCUT2D eigenvalue weighted by Crippen LogP contribution is -2.38. The third-order valence-corrected chi connectivity index (χ3v) is 4.43. The first-order valence-corrected chi connectivity index (χ1v) is 7.71. The van der Waals surface area contributed by atoms with Crippen LogP contribution in [-0.4, -0.2) is 31.1 Å². The maximum atomic E-state index is 3.65. The highest BCUT2D eigenvalue weighted by atomic mass is 15.2. The highest BCUT2D eigenvalue weighted by Crippen LogP contribution is 2.25. The molecule has 0 aromatic heterocycles. The summed E-state index contributed by atoms with van der Waals surface area (Å²) in [7, 11) is 2.29. The molecule has 2 nitrogen and oxygen atoms in total. The van der Waals surface area contributed by atoms with Crippen molar-refractivity contribution in [2.24, 2.45) is 0 Å². The highest BCUT2D eigenvalue weighted by Gasteiger charge is 2.22. The third kappa shape index (κ3) is 3.80. The van der Waals surface area contributed by atoms with Crippen molar-refractivity contribution in [3.63, 3.8) is 0 Å². The van der Waals surface area contributed by atoms with Crippen LogP contribution < -0.4 is 5.32 Å². The minimum atomic E-state index is 0.455. The molecule has 1 N–H and O–H groups in total. The van der Waals surface area contributed by atoms with Crippen molar-refractivity contribution in [1.82, 2.24) is 10.2 Å². The van der Waals surface area contributed by atoms with E-state index < -0.39 is 0 Å². The molecule has 1 aliphatic rings. The van der Waals surface area contributed by atoms with Crippen LogP contribution in [0.5, 0.6) is 0 Å². The van der Waals surface area contributed by atoms with Crippen molar-refractivity contribution in [3.8, 4) is 0 Å². The van der Waals surface area contributed by atoms with Crippen LogP contribution in [0.3, 0.4) is 0 Å². The Kier molecular flexibility index (Phi) is 5.41. The standard InChI is InChI=1S/C17H28N2/c1-4-18-17(16-12-8-5-9-14(16)2)13-19(3)15-10-6-7-11-15/h5,8-9,12,15,17-18H,4,6-7,10-11,13H2,1-3H3. The molecular formula is C17H28N2. The summed E-state index contributed by atoms with van der Waals surface area (Å²) in [4.78, 5) is 2.56. The van der Waals surface area contributed by atoms with Crippen molar-refractivity contribution in [1.29, 1.82) is 0 Å². The fourth-order valence-electron chi connectivity index (χ4n) is 3.28. The van der Waals surface area contributed by atoms with E-state index in [1.165, 1.54) is 36.8 Å². The summed E-state index contributed by atoms with van der Waals surface area (Å²) in [5, 5.41) is 3.65. The van der Waals surface area contributed by atoms with Crippen LogP contribution in [0.4, 0.5) is 0 Å². The lowest BCUT2D eigenvalue weighted by Gasteiger charge is -2.30. The number of nitrogens with one attached hydrogen (secondary N) is 1. The summed E-state index contributed by atoms with van der Waals surface area (Å²) in [5.74, 6) is 0. The minimum Gasteiger partial charge on any atom is -0.309 e. The first-order chi connectivity index (χ1) is 9.22. The molecule has 19 heavy (non-hydrogen) atoms. The van der Waals surface area contributed by atoms with Crippen LogP contribution in [0.2, 0.25) is 0 Å². The predicted molar refractivity (Wildman–Crippen MR) is 82.5 cm³/mol. The van der Waals surface area contributed by atoms with Crippen LogP contribution in [0.15, 0.2) is 24.3 Å². The van der Waals surface area contributed by atoms with Crippen LogP contribution in [0.25, 0.3) is 0 Å². The van der Waals surface area contributed by atoms with Crippen molar-refractivity contribution in [2.75, 3.05) is 20.1 Å². The summed E-state index contributed by atoms with van der Waals surface area (Å²) in [5.41, 5.74) is 2.85. The Morgan fingerprint density at radius 3 is 2.58 bits per heavy atom. The Morgan fingerprint density at radius 2 is 1.95 bits per heavy atom. The van der Waals surface area contributed by atoms with E-state index in [9.17, 15) is 0 Å².